The highest BCUT2D eigenvalue weighted by Crippen LogP contribution is 2.26. The topological polar surface area (TPSA) is 100 Å². The molecule has 1 heterocycles. The summed E-state index contributed by atoms with van der Waals surface area (Å²) in [6, 6.07) is 25.6. The van der Waals surface area contributed by atoms with Crippen molar-refractivity contribution < 1.29 is 9.47 Å². The van der Waals surface area contributed by atoms with E-state index in [2.05, 4.69) is 15.3 Å². The number of anilines is 2. The molecule has 7 heteroatoms. The highest BCUT2D eigenvalue weighted by Gasteiger charge is 2.14. The van der Waals surface area contributed by atoms with Crippen LogP contribution >= 0.6 is 0 Å². The molecule has 4 aromatic rings. The van der Waals surface area contributed by atoms with Gasteiger partial charge >= 0.3 is 0 Å². The number of nitrogens with zero attached hydrogens (tertiary/aromatic N) is 2. The molecule has 3 aromatic carbocycles. The molecule has 4 rings (SSSR count). The predicted octanol–water partition coefficient (Wildman–Crippen LogP) is 4.85. The van der Waals surface area contributed by atoms with E-state index in [0.717, 1.165) is 5.75 Å². The van der Waals surface area contributed by atoms with Crippen molar-refractivity contribution in [3.8, 4) is 34.6 Å². The fourth-order valence-corrected chi connectivity index (χ4v) is 2.96. The summed E-state index contributed by atoms with van der Waals surface area (Å²) in [5, 5.41) is 12.5. The van der Waals surface area contributed by atoms with Crippen LogP contribution in [0.4, 0.5) is 11.6 Å². The third kappa shape index (κ3) is 4.54. The van der Waals surface area contributed by atoms with E-state index in [9.17, 15) is 10.1 Å². The minimum absolute atomic E-state index is 0.0534. The van der Waals surface area contributed by atoms with Crippen LogP contribution in [0.15, 0.2) is 83.7 Å². The molecule has 0 fully saturated rings. The third-order valence-electron chi connectivity index (χ3n) is 4.49. The summed E-state index contributed by atoms with van der Waals surface area (Å²) in [5.74, 6) is 2.32. The number of nitrogens with one attached hydrogen (secondary N) is 2. The van der Waals surface area contributed by atoms with Crippen LogP contribution in [0.2, 0.25) is 0 Å². The summed E-state index contributed by atoms with van der Waals surface area (Å²) in [6.07, 6.45) is 0. The molecule has 0 bridgehead atoms. The van der Waals surface area contributed by atoms with Gasteiger partial charge in [-0.3, -0.25) is 9.78 Å². The van der Waals surface area contributed by atoms with Crippen LogP contribution in [0.3, 0.4) is 0 Å². The average molecular weight is 410 g/mol. The van der Waals surface area contributed by atoms with Gasteiger partial charge in [0.2, 0.25) is 5.95 Å². The first-order valence-corrected chi connectivity index (χ1v) is 9.45. The summed E-state index contributed by atoms with van der Waals surface area (Å²) < 4.78 is 10.9. The number of aromatic nitrogens is 2. The van der Waals surface area contributed by atoms with E-state index in [1.807, 2.05) is 60.7 Å². The van der Waals surface area contributed by atoms with Gasteiger partial charge in [-0.05, 0) is 60.7 Å². The number of para-hydroxylation sites is 1. The number of methoxy groups -OCH3 is 1. The van der Waals surface area contributed by atoms with Crippen molar-refractivity contribution in [1.29, 1.82) is 5.26 Å². The molecule has 0 atom stereocenters. The van der Waals surface area contributed by atoms with Gasteiger partial charge in [-0.25, -0.2) is 4.98 Å². The van der Waals surface area contributed by atoms with Gasteiger partial charge in [0.15, 0.2) is 0 Å². The number of H-pyrrole nitrogens is 1. The molecule has 7 nitrogen and oxygen atoms in total. The molecule has 1 aromatic heterocycles. The zero-order valence-electron chi connectivity index (χ0n) is 16.6. The molecule has 2 N–H and O–H groups in total. The van der Waals surface area contributed by atoms with E-state index >= 15 is 0 Å². The first-order chi connectivity index (χ1) is 15.2. The van der Waals surface area contributed by atoms with Gasteiger partial charge in [0.25, 0.3) is 5.56 Å². The molecule has 152 valence electrons. The minimum atomic E-state index is -0.519. The number of nitriles is 1. The molecule has 0 unspecified atom stereocenters. The molecule has 0 radical (unpaired) electrons. The molecule has 0 amide bonds. The summed E-state index contributed by atoms with van der Waals surface area (Å²) in [6.45, 7) is 0. The lowest BCUT2D eigenvalue weighted by Gasteiger charge is -2.10. The Morgan fingerprint density at radius 2 is 1.55 bits per heavy atom. The Kier molecular flexibility index (Phi) is 5.63. The second-order valence-electron chi connectivity index (χ2n) is 6.54. The molecule has 0 saturated carbocycles. The van der Waals surface area contributed by atoms with Crippen molar-refractivity contribution in [2.75, 3.05) is 12.4 Å². The molecular weight excluding hydrogens is 392 g/mol. The second-order valence-corrected chi connectivity index (χ2v) is 6.54. The van der Waals surface area contributed by atoms with Crippen molar-refractivity contribution in [3.63, 3.8) is 0 Å². The highest BCUT2D eigenvalue weighted by molar-refractivity contribution is 5.68. The maximum atomic E-state index is 12.4. The molecule has 0 aliphatic rings. The lowest BCUT2D eigenvalue weighted by atomic mass is 10.1. The molecule has 0 aliphatic carbocycles. The quantitative estimate of drug-likeness (QED) is 0.471. The van der Waals surface area contributed by atoms with Crippen molar-refractivity contribution >= 4 is 11.6 Å². The first kappa shape index (κ1) is 19.7. The van der Waals surface area contributed by atoms with Crippen LogP contribution in [-0.2, 0) is 0 Å². The zero-order chi connectivity index (χ0) is 21.6. The van der Waals surface area contributed by atoms with Crippen LogP contribution in [0.5, 0.6) is 17.2 Å². The Bertz CT molecular complexity index is 1280. The van der Waals surface area contributed by atoms with Gasteiger partial charge in [-0.1, -0.05) is 18.2 Å². The monoisotopic (exact) mass is 410 g/mol. The van der Waals surface area contributed by atoms with Crippen LogP contribution in [0.1, 0.15) is 5.56 Å². The zero-order valence-corrected chi connectivity index (χ0v) is 16.6. The Morgan fingerprint density at radius 3 is 2.19 bits per heavy atom. The number of aromatic amines is 1. The van der Waals surface area contributed by atoms with Crippen molar-refractivity contribution in [1.82, 2.24) is 9.97 Å². The SMILES string of the molecule is COc1ccc(-c2nc(Nc3ccc(Oc4ccccc4)cc3)[nH]c(=O)c2C#N)cc1. The lowest BCUT2D eigenvalue weighted by Crippen LogP contribution is -2.16. The standard InChI is InChI=1S/C24H18N4O3/c1-30-18-11-7-16(8-12-18)22-21(15-25)23(29)28-24(27-22)26-17-9-13-20(14-10-17)31-19-5-3-2-4-6-19/h2-14H,1H3,(H2,26,27,28,29). The van der Waals surface area contributed by atoms with Gasteiger partial charge in [-0.15, -0.1) is 0 Å². The highest BCUT2D eigenvalue weighted by atomic mass is 16.5. The maximum absolute atomic E-state index is 12.4. The first-order valence-electron chi connectivity index (χ1n) is 9.45. The lowest BCUT2D eigenvalue weighted by molar-refractivity contribution is 0.415. The number of hydrogen-bond acceptors (Lipinski definition) is 6. The third-order valence-corrected chi connectivity index (χ3v) is 4.49. The summed E-state index contributed by atoms with van der Waals surface area (Å²) in [4.78, 5) is 19.5. The maximum Gasteiger partial charge on any atom is 0.270 e. The van der Waals surface area contributed by atoms with E-state index in [1.165, 1.54) is 0 Å². The predicted molar refractivity (Wildman–Crippen MR) is 118 cm³/mol. The molecular formula is C24H18N4O3. The second kappa shape index (κ2) is 8.84. The van der Waals surface area contributed by atoms with E-state index in [4.69, 9.17) is 9.47 Å². The van der Waals surface area contributed by atoms with Crippen LogP contribution in [-0.4, -0.2) is 17.1 Å². The number of ether oxygens (including phenoxy) is 2. The molecule has 0 saturated heterocycles. The fraction of sp³-hybridized carbons (Fsp3) is 0.0417. The number of benzene rings is 3. The van der Waals surface area contributed by atoms with Gasteiger partial charge in [0.1, 0.15) is 28.9 Å². The smallest absolute Gasteiger partial charge is 0.270 e. The molecule has 0 spiro atoms. The normalized spacial score (nSPS) is 10.2. The van der Waals surface area contributed by atoms with Crippen molar-refractivity contribution in [2.24, 2.45) is 0 Å². The molecule has 0 aliphatic heterocycles. The van der Waals surface area contributed by atoms with Gasteiger partial charge in [-0.2, -0.15) is 5.26 Å². The van der Waals surface area contributed by atoms with Crippen molar-refractivity contribution in [2.45, 2.75) is 0 Å². The van der Waals surface area contributed by atoms with E-state index in [0.29, 0.717) is 28.4 Å². The minimum Gasteiger partial charge on any atom is -0.497 e. The van der Waals surface area contributed by atoms with E-state index < -0.39 is 5.56 Å². The van der Waals surface area contributed by atoms with Crippen LogP contribution < -0.4 is 20.3 Å². The number of rotatable bonds is 6. The Balaban J connectivity index is 1.59. The Morgan fingerprint density at radius 1 is 0.903 bits per heavy atom. The van der Waals surface area contributed by atoms with Crippen LogP contribution in [0, 0.1) is 11.3 Å². The van der Waals surface area contributed by atoms with E-state index in [-0.39, 0.29) is 11.5 Å². The van der Waals surface area contributed by atoms with Crippen molar-refractivity contribution in [3.05, 3.63) is 94.8 Å². The molecule has 31 heavy (non-hydrogen) atoms. The summed E-state index contributed by atoms with van der Waals surface area (Å²) in [5.41, 5.74) is 1.06. The van der Waals surface area contributed by atoms with Gasteiger partial charge in [0, 0.05) is 11.3 Å². The van der Waals surface area contributed by atoms with Gasteiger partial charge in [0.05, 0.1) is 12.8 Å². The summed E-state index contributed by atoms with van der Waals surface area (Å²) in [7, 11) is 1.57. The largest absolute Gasteiger partial charge is 0.497 e. The van der Waals surface area contributed by atoms with Gasteiger partial charge < -0.3 is 14.8 Å². The Labute approximate surface area is 178 Å². The average Bonchev–Trinajstić information content (AvgIpc) is 2.81. The van der Waals surface area contributed by atoms with Crippen LogP contribution in [0.25, 0.3) is 11.3 Å². The fourth-order valence-electron chi connectivity index (χ4n) is 2.96. The number of hydrogen-bond donors (Lipinski definition) is 2. The Hall–Kier alpha value is -4.57. The van der Waals surface area contributed by atoms with E-state index in [1.54, 1.807) is 31.4 Å². The summed E-state index contributed by atoms with van der Waals surface area (Å²) >= 11 is 0.